The van der Waals surface area contributed by atoms with E-state index in [1.165, 1.54) is 6.92 Å². The molecule has 2 N–H and O–H groups in total. The Morgan fingerprint density at radius 2 is 1.82 bits per heavy atom. The Hall–Kier alpha value is -3.32. The van der Waals surface area contributed by atoms with E-state index < -0.39 is 0 Å². The zero-order valence-corrected chi connectivity index (χ0v) is 15.9. The topological polar surface area (TPSA) is 95.2 Å². The summed E-state index contributed by atoms with van der Waals surface area (Å²) in [7, 11) is 0. The Morgan fingerprint density at radius 3 is 2.57 bits per heavy atom. The first-order chi connectivity index (χ1) is 13.5. The lowest BCUT2D eigenvalue weighted by molar-refractivity contribution is -0.117. The summed E-state index contributed by atoms with van der Waals surface area (Å²) in [4.78, 5) is 45.5. The maximum Gasteiger partial charge on any atom is 0.258 e. The zero-order chi connectivity index (χ0) is 20.1. The number of carbonyl (C=O) groups is 2. The lowest BCUT2D eigenvalue weighted by Gasteiger charge is -2.19. The number of ketones is 1. The fourth-order valence-corrected chi connectivity index (χ4v) is 2.99. The molecule has 1 aromatic heterocycles. The van der Waals surface area contributed by atoms with Crippen molar-refractivity contribution in [1.82, 2.24) is 14.9 Å². The molecule has 144 valence electrons. The fourth-order valence-electron chi connectivity index (χ4n) is 2.99. The molecule has 3 rings (SSSR count). The Labute approximate surface area is 162 Å². The summed E-state index contributed by atoms with van der Waals surface area (Å²) in [6.45, 7) is 4.43. The number of anilines is 1. The molecule has 1 amide bonds. The van der Waals surface area contributed by atoms with Crippen LogP contribution in [0.4, 0.5) is 5.69 Å². The van der Waals surface area contributed by atoms with E-state index in [1.54, 1.807) is 42.5 Å². The van der Waals surface area contributed by atoms with Crippen LogP contribution in [0.15, 0.2) is 53.3 Å². The third kappa shape index (κ3) is 4.50. The summed E-state index contributed by atoms with van der Waals surface area (Å²) < 4.78 is 0. The number of nitrogens with one attached hydrogen (secondary N) is 2. The smallest absolute Gasteiger partial charge is 0.258 e. The number of hydrogen-bond donors (Lipinski definition) is 2. The highest BCUT2D eigenvalue weighted by molar-refractivity contribution is 6.04. The van der Waals surface area contributed by atoms with Gasteiger partial charge in [-0.25, -0.2) is 4.98 Å². The molecule has 0 spiro atoms. The standard InChI is InChI=1S/C21H22N4O3/c1-3-25(12-19-22-18-11-7-5-9-16(18)21(28)24-19)13-20(27)23-17-10-6-4-8-15(17)14(2)26/h4-11H,3,12-13H2,1-2H3,(H,23,27)(H,22,24,28). The van der Waals surface area contributed by atoms with Gasteiger partial charge in [0.1, 0.15) is 5.82 Å². The minimum absolute atomic E-state index is 0.110. The largest absolute Gasteiger partial charge is 0.324 e. The molecule has 28 heavy (non-hydrogen) atoms. The van der Waals surface area contributed by atoms with E-state index in [1.807, 2.05) is 17.9 Å². The number of benzene rings is 2. The number of aromatic amines is 1. The third-order valence-electron chi connectivity index (χ3n) is 4.43. The lowest BCUT2D eigenvalue weighted by Crippen LogP contribution is -2.34. The van der Waals surface area contributed by atoms with Crippen LogP contribution in [0.5, 0.6) is 0 Å². The average Bonchev–Trinajstić information content (AvgIpc) is 2.67. The summed E-state index contributed by atoms with van der Waals surface area (Å²) >= 11 is 0. The highest BCUT2D eigenvalue weighted by atomic mass is 16.2. The Morgan fingerprint density at radius 1 is 1.11 bits per heavy atom. The third-order valence-corrected chi connectivity index (χ3v) is 4.43. The fraction of sp³-hybridized carbons (Fsp3) is 0.238. The quantitative estimate of drug-likeness (QED) is 0.616. The minimum Gasteiger partial charge on any atom is -0.324 e. The second kappa shape index (κ2) is 8.58. The van der Waals surface area contributed by atoms with Gasteiger partial charge in [-0.3, -0.25) is 19.3 Å². The van der Waals surface area contributed by atoms with Crippen LogP contribution in [0.2, 0.25) is 0 Å². The van der Waals surface area contributed by atoms with Crippen LogP contribution in [-0.4, -0.2) is 39.6 Å². The Bertz CT molecular complexity index is 1070. The number of hydrogen-bond acceptors (Lipinski definition) is 5. The molecule has 0 radical (unpaired) electrons. The number of amides is 1. The van der Waals surface area contributed by atoms with Crippen molar-refractivity contribution in [1.29, 1.82) is 0 Å². The molecule has 0 fully saturated rings. The molecule has 0 saturated carbocycles. The van der Waals surface area contributed by atoms with Crippen LogP contribution < -0.4 is 10.9 Å². The Balaban J connectivity index is 1.72. The molecule has 0 bridgehead atoms. The van der Waals surface area contributed by atoms with Gasteiger partial charge in [-0.2, -0.15) is 0 Å². The molecule has 0 unspecified atom stereocenters. The lowest BCUT2D eigenvalue weighted by atomic mass is 10.1. The molecule has 0 aliphatic rings. The van der Waals surface area contributed by atoms with Gasteiger partial charge in [-0.05, 0) is 37.7 Å². The second-order valence-electron chi connectivity index (χ2n) is 6.48. The highest BCUT2D eigenvalue weighted by Gasteiger charge is 2.14. The number of para-hydroxylation sites is 2. The van der Waals surface area contributed by atoms with Gasteiger partial charge in [0.15, 0.2) is 5.78 Å². The SMILES string of the molecule is CCN(CC(=O)Nc1ccccc1C(C)=O)Cc1nc2ccccc2c(=O)[nH]1. The highest BCUT2D eigenvalue weighted by Crippen LogP contribution is 2.15. The van der Waals surface area contributed by atoms with Gasteiger partial charge in [0.05, 0.1) is 29.7 Å². The number of fused-ring (bicyclic) bond motifs is 1. The number of likely N-dealkylation sites (N-methyl/N-ethyl adjacent to an activating group) is 1. The predicted octanol–water partition coefficient (Wildman–Crippen LogP) is 2.59. The van der Waals surface area contributed by atoms with Crippen molar-refractivity contribution in [3.63, 3.8) is 0 Å². The Kier molecular flexibility index (Phi) is 5.96. The maximum absolute atomic E-state index is 12.5. The van der Waals surface area contributed by atoms with E-state index in [2.05, 4.69) is 15.3 Å². The van der Waals surface area contributed by atoms with Gasteiger partial charge < -0.3 is 10.3 Å². The number of nitrogens with zero attached hydrogens (tertiary/aromatic N) is 2. The van der Waals surface area contributed by atoms with Crippen LogP contribution >= 0.6 is 0 Å². The van der Waals surface area contributed by atoms with Crippen LogP contribution in [0, 0.1) is 0 Å². The van der Waals surface area contributed by atoms with Crippen LogP contribution in [0.1, 0.15) is 30.0 Å². The van der Waals surface area contributed by atoms with Gasteiger partial charge in [-0.1, -0.05) is 31.2 Å². The van der Waals surface area contributed by atoms with Crippen molar-refractivity contribution in [2.75, 3.05) is 18.4 Å². The molecule has 0 aliphatic heterocycles. The van der Waals surface area contributed by atoms with Gasteiger partial charge in [-0.15, -0.1) is 0 Å². The molecular weight excluding hydrogens is 356 g/mol. The molecule has 7 nitrogen and oxygen atoms in total. The normalized spacial score (nSPS) is 11.0. The number of rotatable bonds is 7. The number of carbonyl (C=O) groups excluding carboxylic acids is 2. The number of H-pyrrole nitrogens is 1. The van der Waals surface area contributed by atoms with Crippen molar-refractivity contribution in [3.8, 4) is 0 Å². The van der Waals surface area contributed by atoms with Crippen molar-refractivity contribution >= 4 is 28.3 Å². The van der Waals surface area contributed by atoms with E-state index >= 15 is 0 Å². The van der Waals surface area contributed by atoms with Crippen molar-refractivity contribution < 1.29 is 9.59 Å². The van der Waals surface area contributed by atoms with E-state index in [0.29, 0.717) is 41.1 Å². The molecule has 0 saturated heterocycles. The first-order valence-corrected chi connectivity index (χ1v) is 9.08. The predicted molar refractivity (Wildman–Crippen MR) is 108 cm³/mol. The van der Waals surface area contributed by atoms with Crippen molar-refractivity contribution in [3.05, 3.63) is 70.3 Å². The molecule has 7 heteroatoms. The van der Waals surface area contributed by atoms with Crippen molar-refractivity contribution in [2.45, 2.75) is 20.4 Å². The number of aromatic nitrogens is 2. The van der Waals surface area contributed by atoms with E-state index in [0.717, 1.165) is 0 Å². The molecule has 1 heterocycles. The van der Waals surface area contributed by atoms with Crippen LogP contribution in [0.25, 0.3) is 10.9 Å². The molecule has 2 aromatic carbocycles. The second-order valence-corrected chi connectivity index (χ2v) is 6.48. The first kappa shape index (κ1) is 19.4. The molecule has 3 aromatic rings. The van der Waals surface area contributed by atoms with Crippen molar-refractivity contribution in [2.24, 2.45) is 0 Å². The van der Waals surface area contributed by atoms with Crippen LogP contribution in [0.3, 0.4) is 0 Å². The summed E-state index contributed by atoms with van der Waals surface area (Å²) in [5.74, 6) is 0.155. The first-order valence-electron chi connectivity index (χ1n) is 9.08. The van der Waals surface area contributed by atoms with E-state index in [-0.39, 0.29) is 23.8 Å². The van der Waals surface area contributed by atoms with Gasteiger partial charge in [0.2, 0.25) is 5.91 Å². The van der Waals surface area contributed by atoms with Gasteiger partial charge >= 0.3 is 0 Å². The molecular formula is C21H22N4O3. The average molecular weight is 378 g/mol. The number of Topliss-reactive ketones (excluding diaryl/α,β-unsaturated/α-hetero) is 1. The van der Waals surface area contributed by atoms with Gasteiger partial charge in [0.25, 0.3) is 5.56 Å². The summed E-state index contributed by atoms with van der Waals surface area (Å²) in [5, 5.41) is 3.32. The minimum atomic E-state index is -0.237. The summed E-state index contributed by atoms with van der Waals surface area (Å²) in [5.41, 5.74) is 1.39. The molecule has 0 atom stereocenters. The monoisotopic (exact) mass is 378 g/mol. The van der Waals surface area contributed by atoms with Gasteiger partial charge in [0, 0.05) is 5.56 Å². The maximum atomic E-state index is 12.5. The molecule has 0 aliphatic carbocycles. The zero-order valence-electron chi connectivity index (χ0n) is 15.9. The van der Waals surface area contributed by atoms with Crippen LogP contribution in [-0.2, 0) is 11.3 Å². The summed E-state index contributed by atoms with van der Waals surface area (Å²) in [6, 6.07) is 14.0. The van der Waals surface area contributed by atoms with E-state index in [9.17, 15) is 14.4 Å². The summed E-state index contributed by atoms with van der Waals surface area (Å²) in [6.07, 6.45) is 0. The van der Waals surface area contributed by atoms with E-state index in [4.69, 9.17) is 0 Å².